The zero-order valence-electron chi connectivity index (χ0n) is 20.0. The van der Waals surface area contributed by atoms with E-state index in [0.717, 1.165) is 52.2 Å². The van der Waals surface area contributed by atoms with Gasteiger partial charge in [0.2, 0.25) is 5.91 Å². The molecule has 0 spiro atoms. The van der Waals surface area contributed by atoms with Gasteiger partial charge < -0.3 is 25.7 Å². The van der Waals surface area contributed by atoms with E-state index in [1.54, 1.807) is 6.07 Å². The number of pyridine rings is 1. The molecule has 2 aromatic heterocycles. The summed E-state index contributed by atoms with van der Waals surface area (Å²) in [5.74, 6) is 0.122. The summed E-state index contributed by atoms with van der Waals surface area (Å²) in [5, 5.41) is 3.71. The number of H-pyrrole nitrogens is 1. The number of nitrogens with zero attached hydrogens (tertiary/aromatic N) is 2. The van der Waals surface area contributed by atoms with Crippen molar-refractivity contribution >= 4 is 34.2 Å². The lowest BCUT2D eigenvalue weighted by Gasteiger charge is -2.27. The van der Waals surface area contributed by atoms with Gasteiger partial charge in [0.15, 0.2) is 0 Å². The summed E-state index contributed by atoms with van der Waals surface area (Å²) in [4.78, 5) is 34.4. The maximum Gasteiger partial charge on any atom is 0.250 e. The summed E-state index contributed by atoms with van der Waals surface area (Å²) < 4.78 is 5.43. The largest absolute Gasteiger partial charge is 0.378 e. The Morgan fingerprint density at radius 2 is 1.94 bits per heavy atom. The Bertz CT molecular complexity index is 1470. The van der Waals surface area contributed by atoms with Crippen molar-refractivity contribution in [2.24, 2.45) is 5.73 Å². The molecule has 3 heterocycles. The molecule has 36 heavy (non-hydrogen) atoms. The number of anilines is 2. The molecule has 4 aromatic rings. The average molecular weight is 482 g/mol. The number of benzene rings is 2. The fraction of sp³-hybridized carbons (Fsp3) is 0.179. The number of aromatic amines is 1. The van der Waals surface area contributed by atoms with Gasteiger partial charge in [-0.05, 0) is 60.0 Å². The molecule has 4 N–H and O–H groups in total. The summed E-state index contributed by atoms with van der Waals surface area (Å²) in [6.45, 7) is 8.50. The molecule has 0 radical (unpaired) electrons. The van der Waals surface area contributed by atoms with Crippen molar-refractivity contribution in [2.75, 3.05) is 36.5 Å². The first-order valence-corrected chi connectivity index (χ1v) is 11.7. The second kappa shape index (κ2) is 9.67. The van der Waals surface area contributed by atoms with Crippen LogP contribution in [0.2, 0.25) is 0 Å². The molecule has 0 unspecified atom stereocenters. The zero-order valence-corrected chi connectivity index (χ0v) is 20.0. The number of carbonyl (C=O) groups excluding carboxylic acids is 2. The summed E-state index contributed by atoms with van der Waals surface area (Å²) in [6, 6.07) is 15.4. The van der Waals surface area contributed by atoms with Crippen molar-refractivity contribution in [3.05, 3.63) is 78.5 Å². The summed E-state index contributed by atoms with van der Waals surface area (Å²) in [6.07, 6.45) is 3.07. The molecule has 1 aliphatic rings. The maximum atomic E-state index is 12.2. The number of carbonyl (C=O) groups is 2. The predicted molar refractivity (Wildman–Crippen MR) is 142 cm³/mol. The molecule has 2 aromatic carbocycles. The molecule has 182 valence electrons. The highest BCUT2D eigenvalue weighted by Gasteiger charge is 2.18. The van der Waals surface area contributed by atoms with Crippen LogP contribution in [0.1, 0.15) is 15.9 Å². The van der Waals surface area contributed by atoms with Crippen LogP contribution in [-0.4, -0.2) is 48.1 Å². The van der Waals surface area contributed by atoms with E-state index in [2.05, 4.69) is 26.8 Å². The minimum atomic E-state index is -0.510. The highest BCUT2D eigenvalue weighted by molar-refractivity contribution is 6.11. The topological polar surface area (TPSA) is 113 Å². The minimum Gasteiger partial charge on any atom is -0.378 e. The lowest BCUT2D eigenvalue weighted by Crippen LogP contribution is -2.36. The van der Waals surface area contributed by atoms with Crippen LogP contribution in [0, 0.1) is 6.92 Å². The van der Waals surface area contributed by atoms with Crippen molar-refractivity contribution in [1.82, 2.24) is 9.97 Å². The molecule has 8 nitrogen and oxygen atoms in total. The third-order valence-corrected chi connectivity index (χ3v) is 6.52. The quantitative estimate of drug-likeness (QED) is 0.356. The van der Waals surface area contributed by atoms with E-state index in [9.17, 15) is 9.59 Å². The fourth-order valence-corrected chi connectivity index (χ4v) is 4.59. The number of rotatable bonds is 6. The molecule has 1 aliphatic heterocycles. The summed E-state index contributed by atoms with van der Waals surface area (Å²) in [5.41, 5.74) is 11.9. The van der Waals surface area contributed by atoms with Gasteiger partial charge in [0.1, 0.15) is 5.82 Å². The van der Waals surface area contributed by atoms with Gasteiger partial charge in [-0.2, -0.15) is 0 Å². The fourth-order valence-electron chi connectivity index (χ4n) is 4.59. The van der Waals surface area contributed by atoms with Crippen LogP contribution < -0.4 is 16.0 Å². The second-order valence-corrected chi connectivity index (χ2v) is 8.67. The number of hydrogen-bond donors (Lipinski definition) is 3. The van der Waals surface area contributed by atoms with Crippen LogP contribution in [0.3, 0.4) is 0 Å². The van der Waals surface area contributed by atoms with Crippen molar-refractivity contribution < 1.29 is 14.3 Å². The van der Waals surface area contributed by atoms with Crippen molar-refractivity contribution in [3.8, 4) is 22.4 Å². The third-order valence-electron chi connectivity index (χ3n) is 6.52. The lowest BCUT2D eigenvalue weighted by molar-refractivity contribution is -0.111. The first-order valence-electron chi connectivity index (χ1n) is 11.7. The molecule has 0 bridgehead atoms. The van der Waals surface area contributed by atoms with Crippen LogP contribution >= 0.6 is 0 Å². The van der Waals surface area contributed by atoms with Gasteiger partial charge in [-0.15, -0.1) is 0 Å². The highest BCUT2D eigenvalue weighted by atomic mass is 16.5. The van der Waals surface area contributed by atoms with E-state index in [4.69, 9.17) is 10.5 Å². The smallest absolute Gasteiger partial charge is 0.250 e. The number of nitrogens with one attached hydrogen (secondary N) is 2. The van der Waals surface area contributed by atoms with E-state index in [0.29, 0.717) is 30.0 Å². The number of aromatic nitrogens is 2. The predicted octanol–water partition coefficient (Wildman–Crippen LogP) is 4.27. The van der Waals surface area contributed by atoms with E-state index >= 15 is 0 Å². The average Bonchev–Trinajstić information content (AvgIpc) is 3.35. The number of primary amides is 1. The van der Waals surface area contributed by atoms with Crippen LogP contribution in [-0.2, 0) is 9.53 Å². The van der Waals surface area contributed by atoms with Gasteiger partial charge >= 0.3 is 0 Å². The Labute approximate surface area is 208 Å². The van der Waals surface area contributed by atoms with Gasteiger partial charge in [0, 0.05) is 41.6 Å². The molecule has 1 fully saturated rings. The molecule has 2 amide bonds. The molecule has 0 saturated carbocycles. The zero-order chi connectivity index (χ0) is 25.2. The van der Waals surface area contributed by atoms with Crippen LogP contribution in [0.5, 0.6) is 0 Å². The highest BCUT2D eigenvalue weighted by Crippen LogP contribution is 2.37. The van der Waals surface area contributed by atoms with E-state index < -0.39 is 5.91 Å². The standard InChI is InChI=1S/C28H27N5O3/c1-3-26(34)31-23-6-4-5-19(17(23)2)20-8-9-21(28(29)35)27-22(20)15-24(32-27)18-7-10-25(30-16-18)33-11-13-36-14-12-33/h3-10,15-16,32H,1,11-14H2,2H3,(H2,29,35)(H,31,34). The SMILES string of the molecule is C=CC(=O)Nc1cccc(-c2ccc(C(N)=O)c3[nH]c(-c4ccc(N5CCOCC5)nc4)cc23)c1C. The van der Waals surface area contributed by atoms with Crippen molar-refractivity contribution in [1.29, 1.82) is 0 Å². The first-order chi connectivity index (χ1) is 17.5. The minimum absolute atomic E-state index is 0.276. The van der Waals surface area contributed by atoms with Gasteiger partial charge in [-0.25, -0.2) is 4.98 Å². The molecule has 8 heteroatoms. The number of morpholine rings is 1. The Balaban J connectivity index is 1.59. The lowest BCUT2D eigenvalue weighted by atomic mass is 9.94. The van der Waals surface area contributed by atoms with E-state index in [-0.39, 0.29) is 5.91 Å². The second-order valence-electron chi connectivity index (χ2n) is 8.67. The summed E-state index contributed by atoms with van der Waals surface area (Å²) >= 11 is 0. The van der Waals surface area contributed by atoms with E-state index in [1.807, 2.05) is 55.6 Å². The van der Waals surface area contributed by atoms with Crippen LogP contribution in [0.25, 0.3) is 33.3 Å². The number of ether oxygens (including phenoxy) is 1. The normalized spacial score (nSPS) is 13.5. The Kier molecular flexibility index (Phi) is 6.26. The number of fused-ring (bicyclic) bond motifs is 1. The molecule has 5 rings (SSSR count). The molecular formula is C28H27N5O3. The Hall–Kier alpha value is -4.43. The maximum absolute atomic E-state index is 12.2. The van der Waals surface area contributed by atoms with Gasteiger partial charge in [0.25, 0.3) is 5.91 Å². The monoisotopic (exact) mass is 481 g/mol. The molecular weight excluding hydrogens is 454 g/mol. The molecule has 1 saturated heterocycles. The molecule has 0 atom stereocenters. The van der Waals surface area contributed by atoms with Crippen molar-refractivity contribution in [3.63, 3.8) is 0 Å². The van der Waals surface area contributed by atoms with E-state index in [1.165, 1.54) is 6.08 Å². The number of nitrogens with two attached hydrogens (primary N) is 1. The van der Waals surface area contributed by atoms with Crippen molar-refractivity contribution in [2.45, 2.75) is 6.92 Å². The first kappa shape index (κ1) is 23.3. The van der Waals surface area contributed by atoms with Gasteiger partial charge in [-0.1, -0.05) is 24.8 Å². The Morgan fingerprint density at radius 3 is 2.64 bits per heavy atom. The number of hydrogen-bond acceptors (Lipinski definition) is 5. The van der Waals surface area contributed by atoms with Gasteiger partial charge in [-0.3, -0.25) is 9.59 Å². The van der Waals surface area contributed by atoms with Crippen LogP contribution in [0.4, 0.5) is 11.5 Å². The Morgan fingerprint density at radius 1 is 1.14 bits per heavy atom. The van der Waals surface area contributed by atoms with Gasteiger partial charge in [0.05, 0.1) is 24.3 Å². The molecule has 0 aliphatic carbocycles. The third kappa shape index (κ3) is 4.34. The number of amides is 2. The summed E-state index contributed by atoms with van der Waals surface area (Å²) in [7, 11) is 0. The van der Waals surface area contributed by atoms with Crippen LogP contribution in [0.15, 0.2) is 67.4 Å².